The Morgan fingerprint density at radius 1 is 1.29 bits per heavy atom. The van der Waals surface area contributed by atoms with Crippen LogP contribution in [0.2, 0.25) is 0 Å². The Bertz CT molecular complexity index is 420. The molecule has 1 aliphatic carbocycles. The van der Waals surface area contributed by atoms with Crippen LogP contribution in [0.4, 0.5) is 0 Å². The van der Waals surface area contributed by atoms with E-state index in [-0.39, 0.29) is 24.1 Å². The van der Waals surface area contributed by atoms with E-state index in [9.17, 15) is 14.4 Å². The molecule has 1 aliphatic rings. The number of esters is 1. The SMILES string of the molecule is CC(=O)OCCN(C)C1=CC(=O)C(C)=CC1=O. The molecule has 5 nitrogen and oxygen atoms in total. The number of allylic oxidation sites excluding steroid dienone is 3. The fourth-order valence-corrected chi connectivity index (χ4v) is 1.40. The Balaban J connectivity index is 2.61. The van der Waals surface area contributed by atoms with Crippen LogP contribution >= 0.6 is 0 Å². The van der Waals surface area contributed by atoms with E-state index in [2.05, 4.69) is 0 Å². The van der Waals surface area contributed by atoms with Crippen molar-refractivity contribution < 1.29 is 19.1 Å². The summed E-state index contributed by atoms with van der Waals surface area (Å²) >= 11 is 0. The molecule has 0 aromatic rings. The zero-order chi connectivity index (χ0) is 13.0. The third-order valence-corrected chi connectivity index (χ3v) is 2.40. The lowest BCUT2D eigenvalue weighted by Gasteiger charge is -2.22. The van der Waals surface area contributed by atoms with Crippen LogP contribution < -0.4 is 0 Å². The summed E-state index contributed by atoms with van der Waals surface area (Å²) in [5.41, 5.74) is 0.764. The van der Waals surface area contributed by atoms with Crippen LogP contribution in [0.5, 0.6) is 0 Å². The Morgan fingerprint density at radius 2 is 1.94 bits per heavy atom. The van der Waals surface area contributed by atoms with Gasteiger partial charge in [0.2, 0.25) is 5.78 Å². The van der Waals surface area contributed by atoms with Crippen LogP contribution in [0, 0.1) is 0 Å². The summed E-state index contributed by atoms with van der Waals surface area (Å²) in [6.45, 7) is 3.48. The highest BCUT2D eigenvalue weighted by Gasteiger charge is 2.20. The van der Waals surface area contributed by atoms with Crippen LogP contribution in [-0.2, 0) is 19.1 Å². The van der Waals surface area contributed by atoms with Gasteiger partial charge in [0, 0.05) is 25.6 Å². The topological polar surface area (TPSA) is 63.7 Å². The van der Waals surface area contributed by atoms with E-state index in [1.165, 1.54) is 19.1 Å². The van der Waals surface area contributed by atoms with Gasteiger partial charge in [0.15, 0.2) is 5.78 Å². The maximum absolute atomic E-state index is 11.6. The third kappa shape index (κ3) is 3.55. The summed E-state index contributed by atoms with van der Waals surface area (Å²) in [6, 6.07) is 0. The normalized spacial score (nSPS) is 15.2. The first-order valence-corrected chi connectivity index (χ1v) is 5.25. The molecular weight excluding hydrogens is 222 g/mol. The molecule has 92 valence electrons. The fourth-order valence-electron chi connectivity index (χ4n) is 1.40. The minimum Gasteiger partial charge on any atom is -0.464 e. The second kappa shape index (κ2) is 5.43. The molecule has 0 aromatic heterocycles. The van der Waals surface area contributed by atoms with Gasteiger partial charge in [0.1, 0.15) is 6.61 Å². The van der Waals surface area contributed by atoms with Crippen molar-refractivity contribution in [3.8, 4) is 0 Å². The molecule has 0 atom stereocenters. The number of ether oxygens (including phenoxy) is 1. The first kappa shape index (κ1) is 13.2. The summed E-state index contributed by atoms with van der Waals surface area (Å²) in [5, 5.41) is 0. The van der Waals surface area contributed by atoms with Crippen molar-refractivity contribution in [3.63, 3.8) is 0 Å². The van der Waals surface area contributed by atoms with Crippen molar-refractivity contribution in [2.24, 2.45) is 0 Å². The van der Waals surface area contributed by atoms with Crippen molar-refractivity contribution in [2.45, 2.75) is 13.8 Å². The molecular formula is C12H15NO4. The van der Waals surface area contributed by atoms with Gasteiger partial charge in [-0.15, -0.1) is 0 Å². The van der Waals surface area contributed by atoms with Crippen LogP contribution in [-0.4, -0.2) is 42.6 Å². The highest BCUT2D eigenvalue weighted by Crippen LogP contribution is 2.13. The second-order valence-corrected chi connectivity index (χ2v) is 3.85. The Labute approximate surface area is 99.7 Å². The van der Waals surface area contributed by atoms with E-state index in [4.69, 9.17) is 4.74 Å². The Morgan fingerprint density at radius 3 is 2.53 bits per heavy atom. The lowest BCUT2D eigenvalue weighted by molar-refractivity contribution is -0.141. The van der Waals surface area contributed by atoms with Gasteiger partial charge in [-0.2, -0.15) is 0 Å². The number of ketones is 2. The highest BCUT2D eigenvalue weighted by molar-refractivity contribution is 6.19. The number of hydrogen-bond acceptors (Lipinski definition) is 5. The number of rotatable bonds is 4. The fraction of sp³-hybridized carbons (Fsp3) is 0.417. The average Bonchev–Trinajstić information content (AvgIpc) is 2.22. The molecule has 0 saturated heterocycles. The molecule has 0 spiro atoms. The average molecular weight is 237 g/mol. The van der Waals surface area contributed by atoms with Gasteiger partial charge in [0.05, 0.1) is 12.2 Å². The van der Waals surface area contributed by atoms with Crippen molar-refractivity contribution in [2.75, 3.05) is 20.2 Å². The van der Waals surface area contributed by atoms with Gasteiger partial charge in [0.25, 0.3) is 0 Å². The summed E-state index contributed by atoms with van der Waals surface area (Å²) in [4.78, 5) is 35.2. The molecule has 0 saturated carbocycles. The number of likely N-dealkylation sites (N-methyl/N-ethyl adjacent to an activating group) is 1. The smallest absolute Gasteiger partial charge is 0.302 e. The zero-order valence-electron chi connectivity index (χ0n) is 10.1. The summed E-state index contributed by atoms with van der Waals surface area (Å²) in [7, 11) is 1.68. The first-order chi connectivity index (χ1) is 7.91. The van der Waals surface area contributed by atoms with Gasteiger partial charge < -0.3 is 9.64 Å². The summed E-state index contributed by atoms with van der Waals surface area (Å²) < 4.78 is 4.77. The molecule has 0 unspecified atom stereocenters. The predicted octanol–water partition coefficient (Wildman–Crippen LogP) is 0.463. The van der Waals surface area contributed by atoms with E-state index < -0.39 is 0 Å². The van der Waals surface area contributed by atoms with E-state index in [0.29, 0.717) is 17.8 Å². The van der Waals surface area contributed by atoms with Crippen molar-refractivity contribution >= 4 is 17.5 Å². The molecule has 5 heteroatoms. The van der Waals surface area contributed by atoms with Crippen LogP contribution in [0.15, 0.2) is 23.4 Å². The summed E-state index contributed by atoms with van der Waals surface area (Å²) in [6.07, 6.45) is 2.63. The van der Waals surface area contributed by atoms with E-state index in [1.54, 1.807) is 18.9 Å². The van der Waals surface area contributed by atoms with Gasteiger partial charge >= 0.3 is 5.97 Å². The highest BCUT2D eigenvalue weighted by atomic mass is 16.5. The molecule has 0 bridgehead atoms. The second-order valence-electron chi connectivity index (χ2n) is 3.85. The maximum atomic E-state index is 11.6. The van der Waals surface area contributed by atoms with Crippen LogP contribution in [0.1, 0.15) is 13.8 Å². The standard InChI is InChI=1S/C12H15NO4/c1-8-6-12(16)10(7-11(8)15)13(3)4-5-17-9(2)14/h6-7H,4-5H2,1-3H3. The predicted molar refractivity (Wildman–Crippen MR) is 61.1 cm³/mol. The molecule has 0 aromatic carbocycles. The molecule has 1 rings (SSSR count). The monoisotopic (exact) mass is 237 g/mol. The summed E-state index contributed by atoms with van der Waals surface area (Å²) in [5.74, 6) is -0.736. The van der Waals surface area contributed by atoms with E-state index in [0.717, 1.165) is 0 Å². The lowest BCUT2D eigenvalue weighted by Crippen LogP contribution is -2.29. The minimum absolute atomic E-state index is 0.168. The van der Waals surface area contributed by atoms with Crippen molar-refractivity contribution in [1.29, 1.82) is 0 Å². The van der Waals surface area contributed by atoms with E-state index >= 15 is 0 Å². The van der Waals surface area contributed by atoms with Gasteiger partial charge in [-0.25, -0.2) is 0 Å². The molecule has 17 heavy (non-hydrogen) atoms. The minimum atomic E-state index is -0.367. The van der Waals surface area contributed by atoms with Crippen molar-refractivity contribution in [1.82, 2.24) is 4.90 Å². The Kier molecular flexibility index (Phi) is 4.20. The Hall–Kier alpha value is -1.91. The van der Waals surface area contributed by atoms with Gasteiger partial charge in [-0.1, -0.05) is 0 Å². The number of hydrogen-bond donors (Lipinski definition) is 0. The molecule has 0 amide bonds. The first-order valence-electron chi connectivity index (χ1n) is 5.25. The molecule has 0 radical (unpaired) electrons. The molecule has 0 heterocycles. The molecule has 0 N–H and O–H groups in total. The van der Waals surface area contributed by atoms with Gasteiger partial charge in [-0.05, 0) is 13.0 Å². The molecule has 0 fully saturated rings. The third-order valence-electron chi connectivity index (χ3n) is 2.40. The quantitative estimate of drug-likeness (QED) is 0.525. The maximum Gasteiger partial charge on any atom is 0.302 e. The van der Waals surface area contributed by atoms with E-state index in [1.807, 2.05) is 0 Å². The van der Waals surface area contributed by atoms with Crippen LogP contribution in [0.25, 0.3) is 0 Å². The zero-order valence-corrected chi connectivity index (χ0v) is 10.1. The number of carbonyl (C=O) groups is 3. The van der Waals surface area contributed by atoms with Gasteiger partial charge in [-0.3, -0.25) is 14.4 Å². The van der Waals surface area contributed by atoms with Crippen molar-refractivity contribution in [3.05, 3.63) is 23.4 Å². The van der Waals surface area contributed by atoms with Crippen LogP contribution in [0.3, 0.4) is 0 Å². The molecule has 0 aliphatic heterocycles. The lowest BCUT2D eigenvalue weighted by atomic mass is 10.0. The number of carbonyl (C=O) groups excluding carboxylic acids is 3. The largest absolute Gasteiger partial charge is 0.464 e. The number of nitrogens with zero attached hydrogens (tertiary/aromatic N) is 1.